The summed E-state index contributed by atoms with van der Waals surface area (Å²) in [6.07, 6.45) is 6.43. The van der Waals surface area contributed by atoms with Gasteiger partial charge in [0, 0.05) is 57.4 Å². The van der Waals surface area contributed by atoms with E-state index in [-0.39, 0.29) is 0 Å². The topological polar surface area (TPSA) is 22.6 Å². The molecule has 0 amide bonds. The summed E-state index contributed by atoms with van der Waals surface area (Å²) in [4.78, 5) is 11.6. The number of nitrogens with zero attached hydrogens (tertiary/aromatic N) is 4. The fraction of sp³-hybridized carbons (Fsp3) is 0.688. The second-order valence-corrected chi connectivity index (χ2v) is 5.87. The zero-order chi connectivity index (χ0) is 14.4. The Morgan fingerprint density at radius 3 is 2.65 bits per heavy atom. The molecule has 0 saturated carbocycles. The van der Waals surface area contributed by atoms with Crippen LogP contribution in [-0.2, 0) is 6.54 Å². The highest BCUT2D eigenvalue weighted by Gasteiger charge is 2.15. The van der Waals surface area contributed by atoms with Gasteiger partial charge in [0.25, 0.3) is 0 Å². The molecule has 0 bridgehead atoms. The largest absolute Gasteiger partial charge is 0.377 e. The normalized spacial score (nSPS) is 17.9. The van der Waals surface area contributed by atoms with Gasteiger partial charge in [0.2, 0.25) is 0 Å². The highest BCUT2D eigenvalue weighted by atomic mass is 15.2. The number of hydrogen-bond donors (Lipinski definition) is 0. The van der Waals surface area contributed by atoms with E-state index < -0.39 is 0 Å². The average molecular weight is 276 g/mol. The molecule has 2 heterocycles. The second-order valence-electron chi connectivity index (χ2n) is 5.87. The zero-order valence-corrected chi connectivity index (χ0v) is 13.2. The maximum atomic E-state index is 4.30. The number of hydrogen-bond acceptors (Lipinski definition) is 4. The van der Waals surface area contributed by atoms with E-state index in [1.165, 1.54) is 56.8 Å². The predicted octanol–water partition coefficient (Wildman–Crippen LogP) is 2.07. The van der Waals surface area contributed by atoms with Crippen molar-refractivity contribution in [3.8, 4) is 0 Å². The molecule has 0 aliphatic carbocycles. The molecule has 1 aromatic rings. The maximum Gasteiger partial charge on any atom is 0.0437 e. The van der Waals surface area contributed by atoms with Crippen LogP contribution in [0.3, 0.4) is 0 Å². The molecule has 4 heteroatoms. The van der Waals surface area contributed by atoms with Crippen molar-refractivity contribution in [3.05, 3.63) is 24.0 Å². The van der Waals surface area contributed by atoms with E-state index in [0.29, 0.717) is 0 Å². The molecule has 4 nitrogen and oxygen atoms in total. The van der Waals surface area contributed by atoms with Gasteiger partial charge >= 0.3 is 0 Å². The molecule has 0 atom stereocenters. The molecule has 0 unspecified atom stereocenters. The Morgan fingerprint density at radius 1 is 1.15 bits per heavy atom. The number of rotatable bonds is 5. The molecule has 1 aliphatic rings. The van der Waals surface area contributed by atoms with Crippen molar-refractivity contribution in [1.82, 2.24) is 14.8 Å². The third kappa shape index (κ3) is 4.18. The minimum Gasteiger partial charge on any atom is -0.377 e. The Morgan fingerprint density at radius 2 is 1.90 bits per heavy atom. The monoisotopic (exact) mass is 276 g/mol. The number of aromatic nitrogens is 1. The van der Waals surface area contributed by atoms with Crippen LogP contribution in [0.1, 0.15) is 25.3 Å². The summed E-state index contributed by atoms with van der Waals surface area (Å²) < 4.78 is 0. The van der Waals surface area contributed by atoms with E-state index in [0.717, 1.165) is 6.54 Å². The summed E-state index contributed by atoms with van der Waals surface area (Å²) in [6, 6.07) is 2.11. The summed E-state index contributed by atoms with van der Waals surface area (Å²) in [5, 5.41) is 0. The van der Waals surface area contributed by atoms with Crippen LogP contribution in [0.4, 0.5) is 5.69 Å². The van der Waals surface area contributed by atoms with Crippen LogP contribution >= 0.6 is 0 Å². The molecule has 1 saturated heterocycles. The quantitative estimate of drug-likeness (QED) is 0.821. The molecule has 112 valence electrons. The molecular formula is C16H28N4. The van der Waals surface area contributed by atoms with Gasteiger partial charge < -0.3 is 9.80 Å². The van der Waals surface area contributed by atoms with Gasteiger partial charge in [0.05, 0.1) is 0 Å². The molecule has 0 aromatic carbocycles. The third-order valence-corrected chi connectivity index (χ3v) is 3.97. The van der Waals surface area contributed by atoms with Crippen LogP contribution in [0, 0.1) is 0 Å². The van der Waals surface area contributed by atoms with Crippen molar-refractivity contribution in [2.45, 2.75) is 26.3 Å². The van der Waals surface area contributed by atoms with E-state index in [1.54, 1.807) is 0 Å². The molecule has 0 radical (unpaired) electrons. The van der Waals surface area contributed by atoms with Gasteiger partial charge in [0.1, 0.15) is 0 Å². The van der Waals surface area contributed by atoms with Gasteiger partial charge in [-0.05, 0) is 38.5 Å². The Hall–Kier alpha value is -1.13. The summed E-state index contributed by atoms with van der Waals surface area (Å²) >= 11 is 0. The zero-order valence-electron chi connectivity index (χ0n) is 13.2. The van der Waals surface area contributed by atoms with Crippen LogP contribution in [0.25, 0.3) is 0 Å². The van der Waals surface area contributed by atoms with Gasteiger partial charge in [-0.1, -0.05) is 6.92 Å². The predicted molar refractivity (Wildman–Crippen MR) is 85.2 cm³/mol. The van der Waals surface area contributed by atoms with Crippen molar-refractivity contribution in [3.63, 3.8) is 0 Å². The van der Waals surface area contributed by atoms with E-state index in [2.05, 4.69) is 46.8 Å². The lowest BCUT2D eigenvalue weighted by Crippen LogP contribution is -2.31. The van der Waals surface area contributed by atoms with Crippen LogP contribution in [0.5, 0.6) is 0 Å². The first kappa shape index (κ1) is 15.3. The standard InChI is InChI=1S/C16H28N4/c1-4-8-19-9-5-10-20(12-11-19)14-15-13-17-7-6-16(15)18(2)3/h6-7,13H,4-5,8-12,14H2,1-3H3. The van der Waals surface area contributed by atoms with E-state index in [1.807, 2.05) is 12.4 Å². The lowest BCUT2D eigenvalue weighted by atomic mass is 10.2. The van der Waals surface area contributed by atoms with Crippen molar-refractivity contribution in [2.24, 2.45) is 0 Å². The van der Waals surface area contributed by atoms with Crippen LogP contribution < -0.4 is 4.90 Å². The molecule has 0 spiro atoms. The van der Waals surface area contributed by atoms with Crippen LogP contribution in [0.2, 0.25) is 0 Å². The van der Waals surface area contributed by atoms with Crippen molar-refractivity contribution >= 4 is 5.69 Å². The van der Waals surface area contributed by atoms with Crippen molar-refractivity contribution in [1.29, 1.82) is 0 Å². The first-order valence-corrected chi connectivity index (χ1v) is 7.75. The molecule has 2 rings (SSSR count). The van der Waals surface area contributed by atoms with Crippen molar-refractivity contribution < 1.29 is 0 Å². The van der Waals surface area contributed by atoms with Gasteiger partial charge in [-0.25, -0.2) is 0 Å². The fourth-order valence-electron chi connectivity index (χ4n) is 2.94. The first-order chi connectivity index (χ1) is 9.70. The smallest absolute Gasteiger partial charge is 0.0437 e. The summed E-state index contributed by atoms with van der Waals surface area (Å²) in [7, 11) is 4.20. The average Bonchev–Trinajstić information content (AvgIpc) is 2.65. The summed E-state index contributed by atoms with van der Waals surface area (Å²) in [5.41, 5.74) is 2.62. The van der Waals surface area contributed by atoms with E-state index in [4.69, 9.17) is 0 Å². The van der Waals surface area contributed by atoms with E-state index >= 15 is 0 Å². The van der Waals surface area contributed by atoms with Gasteiger partial charge in [-0.2, -0.15) is 0 Å². The summed E-state index contributed by atoms with van der Waals surface area (Å²) in [6.45, 7) is 9.33. The molecular weight excluding hydrogens is 248 g/mol. The van der Waals surface area contributed by atoms with Crippen LogP contribution in [-0.4, -0.2) is 61.6 Å². The third-order valence-electron chi connectivity index (χ3n) is 3.97. The highest BCUT2D eigenvalue weighted by molar-refractivity contribution is 5.50. The van der Waals surface area contributed by atoms with Crippen LogP contribution in [0.15, 0.2) is 18.5 Å². The van der Waals surface area contributed by atoms with E-state index in [9.17, 15) is 0 Å². The van der Waals surface area contributed by atoms with Gasteiger partial charge in [-0.3, -0.25) is 9.88 Å². The maximum absolute atomic E-state index is 4.30. The SMILES string of the molecule is CCCN1CCCN(Cc2cnccc2N(C)C)CC1. The first-order valence-electron chi connectivity index (χ1n) is 7.75. The van der Waals surface area contributed by atoms with Gasteiger partial charge in [-0.15, -0.1) is 0 Å². The molecule has 1 fully saturated rings. The minimum absolute atomic E-state index is 1.02. The Bertz CT molecular complexity index is 405. The Labute approximate surface area is 123 Å². The van der Waals surface area contributed by atoms with Crippen molar-refractivity contribution in [2.75, 3.05) is 51.7 Å². The molecule has 1 aromatic heterocycles. The fourth-order valence-corrected chi connectivity index (χ4v) is 2.94. The molecule has 20 heavy (non-hydrogen) atoms. The highest BCUT2D eigenvalue weighted by Crippen LogP contribution is 2.19. The number of pyridine rings is 1. The lowest BCUT2D eigenvalue weighted by molar-refractivity contribution is 0.252. The minimum atomic E-state index is 1.02. The second kappa shape index (κ2) is 7.60. The van der Waals surface area contributed by atoms with Gasteiger partial charge in [0.15, 0.2) is 0 Å². The summed E-state index contributed by atoms with van der Waals surface area (Å²) in [5.74, 6) is 0. The Balaban J connectivity index is 1.96. The molecule has 1 aliphatic heterocycles. The molecule has 0 N–H and O–H groups in total. The number of anilines is 1. The lowest BCUT2D eigenvalue weighted by Gasteiger charge is -2.24. The Kier molecular flexibility index (Phi) is 5.80.